The molecule has 0 aliphatic carbocycles. The van der Waals surface area contributed by atoms with Crippen molar-refractivity contribution in [2.75, 3.05) is 18.0 Å². The van der Waals surface area contributed by atoms with Crippen LogP contribution in [0.5, 0.6) is 0 Å². The molecule has 2 saturated heterocycles. The molecular weight excluding hydrogens is 222 g/mol. The van der Waals surface area contributed by atoms with Crippen molar-refractivity contribution < 1.29 is 0 Å². The first-order chi connectivity index (χ1) is 8.76. The van der Waals surface area contributed by atoms with Crippen molar-refractivity contribution >= 4 is 5.69 Å². The number of benzene rings is 1. The number of aryl methyl sites for hydroxylation is 1. The van der Waals surface area contributed by atoms with E-state index in [2.05, 4.69) is 28.4 Å². The van der Waals surface area contributed by atoms with Gasteiger partial charge in [0.2, 0.25) is 0 Å². The number of hydrogen-bond acceptors (Lipinski definition) is 3. The van der Waals surface area contributed by atoms with Crippen LogP contribution in [0.4, 0.5) is 5.69 Å². The fourth-order valence-electron chi connectivity index (χ4n) is 3.15. The van der Waals surface area contributed by atoms with Crippen molar-refractivity contribution in [3.63, 3.8) is 0 Å². The Bertz CT molecular complexity index is 489. The van der Waals surface area contributed by atoms with Gasteiger partial charge in [-0.15, -0.1) is 0 Å². The highest BCUT2D eigenvalue weighted by Crippen LogP contribution is 2.25. The van der Waals surface area contributed by atoms with E-state index in [1.807, 2.05) is 13.0 Å². The zero-order valence-electron chi connectivity index (χ0n) is 10.8. The number of nitrogens with zero attached hydrogens (tertiary/aromatic N) is 2. The normalized spacial score (nSPS) is 26.8. The molecule has 2 heterocycles. The van der Waals surface area contributed by atoms with Gasteiger partial charge in [0, 0.05) is 30.9 Å². The molecular formula is C15H19N3. The minimum Gasteiger partial charge on any atom is -0.370 e. The van der Waals surface area contributed by atoms with Gasteiger partial charge in [-0.3, -0.25) is 0 Å². The van der Waals surface area contributed by atoms with Crippen molar-refractivity contribution in [2.45, 2.75) is 38.3 Å². The molecule has 0 amide bonds. The van der Waals surface area contributed by atoms with Gasteiger partial charge in [-0.1, -0.05) is 0 Å². The lowest BCUT2D eigenvalue weighted by molar-refractivity contribution is 0.563. The molecule has 2 aliphatic heterocycles. The Hall–Kier alpha value is -1.53. The summed E-state index contributed by atoms with van der Waals surface area (Å²) in [6.45, 7) is 4.24. The Balaban J connectivity index is 1.82. The minimum absolute atomic E-state index is 0.647. The first-order valence-electron chi connectivity index (χ1n) is 6.78. The smallest absolute Gasteiger partial charge is 0.0994 e. The quantitative estimate of drug-likeness (QED) is 0.819. The third kappa shape index (κ3) is 2.09. The summed E-state index contributed by atoms with van der Waals surface area (Å²) in [6.07, 6.45) is 3.87. The summed E-state index contributed by atoms with van der Waals surface area (Å²) in [5.74, 6) is 0. The first-order valence-corrected chi connectivity index (χ1v) is 6.78. The molecule has 3 nitrogen and oxygen atoms in total. The first kappa shape index (κ1) is 11.6. The van der Waals surface area contributed by atoms with Crippen LogP contribution in [0.25, 0.3) is 0 Å². The molecule has 3 heteroatoms. The molecule has 0 aromatic heterocycles. The molecule has 1 aromatic carbocycles. The number of rotatable bonds is 1. The predicted molar refractivity (Wildman–Crippen MR) is 72.7 cm³/mol. The second-order valence-electron chi connectivity index (χ2n) is 5.48. The van der Waals surface area contributed by atoms with Crippen molar-refractivity contribution in [1.29, 1.82) is 5.26 Å². The van der Waals surface area contributed by atoms with Crippen LogP contribution in [0.1, 0.15) is 30.4 Å². The van der Waals surface area contributed by atoms with E-state index < -0.39 is 0 Å². The maximum absolute atomic E-state index is 8.98. The Labute approximate surface area is 108 Å². The summed E-state index contributed by atoms with van der Waals surface area (Å²) < 4.78 is 0. The van der Waals surface area contributed by atoms with Gasteiger partial charge in [-0.2, -0.15) is 5.26 Å². The van der Waals surface area contributed by atoms with E-state index in [1.54, 1.807) is 0 Å². The van der Waals surface area contributed by atoms with Crippen LogP contribution < -0.4 is 10.2 Å². The zero-order valence-corrected chi connectivity index (χ0v) is 10.8. The molecule has 2 atom stereocenters. The largest absolute Gasteiger partial charge is 0.370 e. The lowest BCUT2D eigenvalue weighted by Crippen LogP contribution is -2.35. The van der Waals surface area contributed by atoms with Gasteiger partial charge in [-0.25, -0.2) is 0 Å². The SMILES string of the molecule is Cc1cc(N2CCC3CCC(C2)N3)ccc1C#N. The summed E-state index contributed by atoms with van der Waals surface area (Å²) in [5, 5.41) is 12.7. The van der Waals surface area contributed by atoms with E-state index in [1.165, 1.54) is 24.9 Å². The van der Waals surface area contributed by atoms with Gasteiger partial charge in [0.05, 0.1) is 11.6 Å². The standard InChI is InChI=1S/C15H19N3/c1-11-8-15(5-2-12(11)9-16)18-7-6-13-3-4-14(10-18)17-13/h2,5,8,13-14,17H,3-4,6-7,10H2,1H3. The highest BCUT2D eigenvalue weighted by molar-refractivity contribution is 5.53. The molecule has 2 fully saturated rings. The molecule has 1 aromatic rings. The highest BCUT2D eigenvalue weighted by Gasteiger charge is 2.29. The molecule has 0 saturated carbocycles. The lowest BCUT2D eigenvalue weighted by Gasteiger charge is -2.26. The molecule has 3 rings (SSSR count). The zero-order chi connectivity index (χ0) is 12.5. The van der Waals surface area contributed by atoms with Crippen LogP contribution in [0, 0.1) is 18.3 Å². The van der Waals surface area contributed by atoms with E-state index in [0.29, 0.717) is 6.04 Å². The van der Waals surface area contributed by atoms with E-state index in [9.17, 15) is 0 Å². The number of nitriles is 1. The van der Waals surface area contributed by atoms with Gasteiger partial charge in [0.25, 0.3) is 0 Å². The molecule has 18 heavy (non-hydrogen) atoms. The number of anilines is 1. The average molecular weight is 241 g/mol. The van der Waals surface area contributed by atoms with Crippen LogP contribution in [-0.4, -0.2) is 25.2 Å². The van der Waals surface area contributed by atoms with E-state index in [-0.39, 0.29) is 0 Å². The van der Waals surface area contributed by atoms with Gasteiger partial charge < -0.3 is 10.2 Å². The fourth-order valence-corrected chi connectivity index (χ4v) is 3.15. The van der Waals surface area contributed by atoms with Gasteiger partial charge in [-0.05, 0) is 49.9 Å². The predicted octanol–water partition coefficient (Wildman–Crippen LogP) is 2.20. The summed E-state index contributed by atoms with van der Waals surface area (Å²) in [4.78, 5) is 2.46. The van der Waals surface area contributed by atoms with Crippen molar-refractivity contribution in [3.8, 4) is 6.07 Å². The molecule has 2 unspecified atom stereocenters. The molecule has 1 N–H and O–H groups in total. The molecule has 0 radical (unpaired) electrons. The van der Waals surface area contributed by atoms with Crippen molar-refractivity contribution in [2.24, 2.45) is 0 Å². The maximum Gasteiger partial charge on any atom is 0.0994 e. The number of nitrogens with one attached hydrogen (secondary N) is 1. The summed E-state index contributed by atoms with van der Waals surface area (Å²) in [7, 11) is 0. The third-order valence-electron chi connectivity index (χ3n) is 4.22. The van der Waals surface area contributed by atoms with E-state index >= 15 is 0 Å². The molecule has 2 bridgehead atoms. The Morgan fingerprint density at radius 1 is 1.28 bits per heavy atom. The number of fused-ring (bicyclic) bond motifs is 2. The topological polar surface area (TPSA) is 39.1 Å². The van der Waals surface area contributed by atoms with Crippen LogP contribution in [0.2, 0.25) is 0 Å². The Morgan fingerprint density at radius 2 is 2.11 bits per heavy atom. The van der Waals surface area contributed by atoms with Crippen molar-refractivity contribution in [1.82, 2.24) is 5.32 Å². The molecule has 0 spiro atoms. The Kier molecular flexibility index (Phi) is 2.97. The van der Waals surface area contributed by atoms with Crippen LogP contribution in [0.3, 0.4) is 0 Å². The van der Waals surface area contributed by atoms with Crippen LogP contribution in [-0.2, 0) is 0 Å². The van der Waals surface area contributed by atoms with E-state index in [4.69, 9.17) is 5.26 Å². The van der Waals surface area contributed by atoms with Gasteiger partial charge >= 0.3 is 0 Å². The number of hydrogen-bond donors (Lipinski definition) is 1. The van der Waals surface area contributed by atoms with Crippen molar-refractivity contribution in [3.05, 3.63) is 29.3 Å². The average Bonchev–Trinajstić information content (AvgIpc) is 2.69. The summed E-state index contributed by atoms with van der Waals surface area (Å²) in [6, 6.07) is 9.79. The van der Waals surface area contributed by atoms with Crippen LogP contribution >= 0.6 is 0 Å². The minimum atomic E-state index is 0.647. The third-order valence-corrected chi connectivity index (χ3v) is 4.22. The second kappa shape index (κ2) is 4.62. The lowest BCUT2D eigenvalue weighted by atomic mass is 10.1. The van der Waals surface area contributed by atoms with E-state index in [0.717, 1.165) is 30.3 Å². The Morgan fingerprint density at radius 3 is 2.89 bits per heavy atom. The maximum atomic E-state index is 8.98. The highest BCUT2D eigenvalue weighted by atomic mass is 15.2. The summed E-state index contributed by atoms with van der Waals surface area (Å²) >= 11 is 0. The molecule has 2 aliphatic rings. The van der Waals surface area contributed by atoms with Gasteiger partial charge in [0.15, 0.2) is 0 Å². The monoisotopic (exact) mass is 241 g/mol. The molecule has 94 valence electrons. The fraction of sp³-hybridized carbons (Fsp3) is 0.533. The summed E-state index contributed by atoms with van der Waals surface area (Å²) in [5.41, 5.74) is 3.13. The van der Waals surface area contributed by atoms with Crippen LogP contribution in [0.15, 0.2) is 18.2 Å². The second-order valence-corrected chi connectivity index (χ2v) is 5.48. The van der Waals surface area contributed by atoms with Gasteiger partial charge in [0.1, 0.15) is 0 Å².